The molecule has 0 saturated heterocycles. The summed E-state index contributed by atoms with van der Waals surface area (Å²) in [5.41, 5.74) is 6.64. The van der Waals surface area contributed by atoms with Gasteiger partial charge in [0.05, 0.1) is 18.3 Å². The fraction of sp³-hybridized carbons (Fsp3) is 0.0909. The molecule has 1 amide bonds. The Kier molecular flexibility index (Phi) is 3.04. The number of rotatable bonds is 3. The molecule has 1 aromatic carbocycles. The third kappa shape index (κ3) is 2.81. The van der Waals surface area contributed by atoms with E-state index in [9.17, 15) is 9.18 Å². The molecule has 0 spiro atoms. The number of nitrogen functional groups attached to an aromatic ring is 1. The first kappa shape index (κ1) is 11.1. The summed E-state index contributed by atoms with van der Waals surface area (Å²) in [7, 11) is 0. The first-order valence-corrected chi connectivity index (χ1v) is 4.98. The van der Waals surface area contributed by atoms with Crippen molar-refractivity contribution >= 4 is 17.4 Å². The topological polar surface area (TPSA) is 83.8 Å². The molecule has 2 rings (SSSR count). The molecular weight excluding hydrogens is 223 g/mol. The Morgan fingerprint density at radius 1 is 1.41 bits per heavy atom. The van der Waals surface area contributed by atoms with E-state index in [4.69, 9.17) is 5.73 Å². The van der Waals surface area contributed by atoms with Gasteiger partial charge in [-0.2, -0.15) is 5.10 Å². The zero-order chi connectivity index (χ0) is 12.3. The monoisotopic (exact) mass is 234 g/mol. The average Bonchev–Trinajstić information content (AvgIpc) is 2.68. The van der Waals surface area contributed by atoms with Crippen molar-refractivity contribution in [2.24, 2.45) is 0 Å². The Morgan fingerprint density at radius 2 is 2.12 bits per heavy atom. The lowest BCUT2D eigenvalue weighted by molar-refractivity contribution is -0.115. The molecule has 0 bridgehead atoms. The molecule has 1 heterocycles. The van der Waals surface area contributed by atoms with Gasteiger partial charge >= 0.3 is 0 Å². The Morgan fingerprint density at radius 3 is 2.71 bits per heavy atom. The predicted octanol–water partition coefficient (Wildman–Crippen LogP) is 1.31. The van der Waals surface area contributed by atoms with Gasteiger partial charge in [-0.25, -0.2) is 4.39 Å². The molecule has 0 unspecified atom stereocenters. The Labute approximate surface area is 96.8 Å². The second-order valence-electron chi connectivity index (χ2n) is 3.55. The van der Waals surface area contributed by atoms with Crippen LogP contribution in [0.1, 0.15) is 5.56 Å². The van der Waals surface area contributed by atoms with Gasteiger partial charge < -0.3 is 11.1 Å². The lowest BCUT2D eigenvalue weighted by Crippen LogP contribution is -2.15. The third-order valence-electron chi connectivity index (χ3n) is 2.21. The van der Waals surface area contributed by atoms with Crippen molar-refractivity contribution in [3.8, 4) is 0 Å². The molecule has 6 heteroatoms. The second-order valence-corrected chi connectivity index (χ2v) is 3.55. The number of carbonyl (C=O) groups is 1. The van der Waals surface area contributed by atoms with Gasteiger partial charge in [0.15, 0.2) is 5.82 Å². The van der Waals surface area contributed by atoms with E-state index in [0.29, 0.717) is 11.5 Å². The lowest BCUT2D eigenvalue weighted by atomic mass is 10.1. The SMILES string of the molecule is Nc1cn[nH]c1NC(=O)Cc1ccc(F)cc1. The van der Waals surface area contributed by atoms with Crippen LogP contribution in [0.15, 0.2) is 30.5 Å². The van der Waals surface area contributed by atoms with Gasteiger partial charge in [-0.15, -0.1) is 0 Å². The van der Waals surface area contributed by atoms with Crippen molar-refractivity contribution in [1.29, 1.82) is 0 Å². The summed E-state index contributed by atoms with van der Waals surface area (Å²) >= 11 is 0. The molecule has 5 nitrogen and oxygen atoms in total. The first-order valence-electron chi connectivity index (χ1n) is 4.98. The van der Waals surface area contributed by atoms with Gasteiger partial charge in [-0.1, -0.05) is 12.1 Å². The quantitative estimate of drug-likeness (QED) is 0.748. The number of halogens is 1. The van der Waals surface area contributed by atoms with Gasteiger partial charge in [0, 0.05) is 0 Å². The van der Waals surface area contributed by atoms with E-state index in [1.165, 1.54) is 18.3 Å². The fourth-order valence-electron chi connectivity index (χ4n) is 1.37. The van der Waals surface area contributed by atoms with Crippen molar-refractivity contribution in [2.45, 2.75) is 6.42 Å². The van der Waals surface area contributed by atoms with Crippen molar-refractivity contribution in [1.82, 2.24) is 10.2 Å². The van der Waals surface area contributed by atoms with E-state index >= 15 is 0 Å². The maximum absolute atomic E-state index is 12.7. The van der Waals surface area contributed by atoms with Gasteiger partial charge in [-0.3, -0.25) is 9.89 Å². The van der Waals surface area contributed by atoms with Gasteiger partial charge in [0.25, 0.3) is 0 Å². The zero-order valence-corrected chi connectivity index (χ0v) is 8.90. The Hall–Kier alpha value is -2.37. The first-order chi connectivity index (χ1) is 8.15. The fourth-order valence-corrected chi connectivity index (χ4v) is 1.37. The minimum Gasteiger partial charge on any atom is -0.394 e. The van der Waals surface area contributed by atoms with Crippen molar-refractivity contribution in [3.63, 3.8) is 0 Å². The Balaban J connectivity index is 1.98. The van der Waals surface area contributed by atoms with Crippen LogP contribution in [-0.4, -0.2) is 16.1 Å². The number of benzene rings is 1. The number of nitrogens with zero attached hydrogens (tertiary/aromatic N) is 1. The molecule has 1 aromatic heterocycles. The smallest absolute Gasteiger partial charge is 0.229 e. The van der Waals surface area contributed by atoms with E-state index in [1.807, 2.05) is 0 Å². The standard InChI is InChI=1S/C11H11FN4O/c12-8-3-1-7(2-4-8)5-10(17)15-11-9(13)6-14-16-11/h1-4,6H,5,13H2,(H2,14,15,16,17). The number of aromatic nitrogens is 2. The largest absolute Gasteiger partial charge is 0.394 e. The predicted molar refractivity (Wildman–Crippen MR) is 61.7 cm³/mol. The van der Waals surface area contributed by atoms with Crippen LogP contribution in [0.2, 0.25) is 0 Å². The van der Waals surface area contributed by atoms with E-state index < -0.39 is 0 Å². The van der Waals surface area contributed by atoms with Crippen LogP contribution in [-0.2, 0) is 11.2 Å². The lowest BCUT2D eigenvalue weighted by Gasteiger charge is -2.03. The molecule has 0 saturated carbocycles. The van der Waals surface area contributed by atoms with E-state index in [-0.39, 0.29) is 18.1 Å². The van der Waals surface area contributed by atoms with E-state index in [2.05, 4.69) is 15.5 Å². The molecule has 17 heavy (non-hydrogen) atoms. The highest BCUT2D eigenvalue weighted by atomic mass is 19.1. The second kappa shape index (κ2) is 4.65. The molecule has 0 radical (unpaired) electrons. The number of carbonyl (C=O) groups excluding carboxylic acids is 1. The maximum atomic E-state index is 12.7. The summed E-state index contributed by atoms with van der Waals surface area (Å²) in [5.74, 6) is -0.198. The molecule has 0 aliphatic rings. The van der Waals surface area contributed by atoms with E-state index in [0.717, 1.165) is 5.56 Å². The van der Waals surface area contributed by atoms with Crippen LogP contribution in [0.3, 0.4) is 0 Å². The normalized spacial score (nSPS) is 10.2. The number of nitrogens with one attached hydrogen (secondary N) is 2. The number of hydrogen-bond acceptors (Lipinski definition) is 3. The van der Waals surface area contributed by atoms with Crippen LogP contribution in [0, 0.1) is 5.82 Å². The van der Waals surface area contributed by atoms with Crippen LogP contribution in [0.5, 0.6) is 0 Å². The summed E-state index contributed by atoms with van der Waals surface area (Å²) in [6.45, 7) is 0. The van der Waals surface area contributed by atoms with Crippen LogP contribution < -0.4 is 11.1 Å². The third-order valence-corrected chi connectivity index (χ3v) is 2.21. The molecule has 0 aliphatic carbocycles. The number of hydrogen-bond donors (Lipinski definition) is 3. The van der Waals surface area contributed by atoms with Crippen LogP contribution in [0.25, 0.3) is 0 Å². The molecule has 2 aromatic rings. The summed E-state index contributed by atoms with van der Waals surface area (Å²) in [5, 5.41) is 8.82. The van der Waals surface area contributed by atoms with Crippen molar-refractivity contribution in [2.75, 3.05) is 11.1 Å². The van der Waals surface area contributed by atoms with Crippen molar-refractivity contribution < 1.29 is 9.18 Å². The summed E-state index contributed by atoms with van der Waals surface area (Å²) in [4.78, 5) is 11.6. The zero-order valence-electron chi connectivity index (χ0n) is 8.90. The van der Waals surface area contributed by atoms with Crippen LogP contribution >= 0.6 is 0 Å². The summed E-state index contributed by atoms with van der Waals surface area (Å²) < 4.78 is 12.7. The summed E-state index contributed by atoms with van der Waals surface area (Å²) in [6.07, 6.45) is 1.56. The van der Waals surface area contributed by atoms with E-state index in [1.54, 1.807) is 12.1 Å². The van der Waals surface area contributed by atoms with Crippen molar-refractivity contribution in [3.05, 3.63) is 41.8 Å². The summed E-state index contributed by atoms with van der Waals surface area (Å²) in [6, 6.07) is 5.75. The number of nitrogens with two attached hydrogens (primary N) is 1. The highest BCUT2D eigenvalue weighted by Crippen LogP contribution is 2.13. The minimum absolute atomic E-state index is 0.152. The minimum atomic E-state index is -0.327. The molecular formula is C11H11FN4O. The van der Waals surface area contributed by atoms with Gasteiger partial charge in [-0.05, 0) is 17.7 Å². The number of amides is 1. The van der Waals surface area contributed by atoms with Crippen LogP contribution in [0.4, 0.5) is 15.9 Å². The average molecular weight is 234 g/mol. The van der Waals surface area contributed by atoms with Gasteiger partial charge in [0.1, 0.15) is 5.82 Å². The number of aromatic amines is 1. The molecule has 0 atom stereocenters. The molecule has 4 N–H and O–H groups in total. The van der Waals surface area contributed by atoms with Gasteiger partial charge in [0.2, 0.25) is 5.91 Å². The molecule has 88 valence electrons. The Bertz CT molecular complexity index is 521. The maximum Gasteiger partial charge on any atom is 0.229 e. The number of H-pyrrole nitrogens is 1. The number of anilines is 2. The highest BCUT2D eigenvalue weighted by Gasteiger charge is 2.07. The molecule has 0 fully saturated rings. The molecule has 0 aliphatic heterocycles. The highest BCUT2D eigenvalue weighted by molar-refractivity contribution is 5.93.